The number of nitrogens with one attached hydrogen (secondary N) is 1. The molecule has 7 nitrogen and oxygen atoms in total. The van der Waals surface area contributed by atoms with Crippen LogP contribution in [0.15, 0.2) is 42.7 Å². The molecule has 4 rings (SSSR count). The van der Waals surface area contributed by atoms with E-state index in [-0.39, 0.29) is 6.61 Å². The minimum Gasteiger partial charge on any atom is -0.496 e. The van der Waals surface area contributed by atoms with Crippen molar-refractivity contribution in [2.45, 2.75) is 13.5 Å². The molecule has 0 atom stereocenters. The summed E-state index contributed by atoms with van der Waals surface area (Å²) in [6.07, 6.45) is 1.16. The lowest BCUT2D eigenvalue weighted by Gasteiger charge is -2.06. The first-order valence-electron chi connectivity index (χ1n) is 9.09. The van der Waals surface area contributed by atoms with Gasteiger partial charge in [0, 0.05) is 13.1 Å². The number of benzene rings is 2. The van der Waals surface area contributed by atoms with Crippen molar-refractivity contribution in [2.24, 2.45) is 7.05 Å². The Labute approximate surface area is 176 Å². The molecule has 0 aliphatic heterocycles. The van der Waals surface area contributed by atoms with Crippen molar-refractivity contribution in [3.63, 3.8) is 0 Å². The predicted molar refractivity (Wildman–Crippen MR) is 113 cm³/mol. The summed E-state index contributed by atoms with van der Waals surface area (Å²) >= 11 is 1.26. The van der Waals surface area contributed by atoms with Gasteiger partial charge in [0.15, 0.2) is 0 Å². The molecule has 4 aromatic rings. The van der Waals surface area contributed by atoms with Crippen LogP contribution < -0.4 is 10.1 Å². The van der Waals surface area contributed by atoms with Crippen LogP contribution in [-0.2, 0) is 18.4 Å². The van der Waals surface area contributed by atoms with Crippen LogP contribution in [0, 0.1) is 12.7 Å². The Balaban J connectivity index is 1.44. The summed E-state index contributed by atoms with van der Waals surface area (Å²) in [5.74, 6) is -0.0162. The number of carbonyl (C=O) groups excluding carboxylic acids is 1. The Morgan fingerprint density at radius 2 is 2.10 bits per heavy atom. The monoisotopic (exact) mass is 426 g/mol. The number of nitrogens with zero attached hydrogens (tertiary/aromatic N) is 3. The highest BCUT2D eigenvalue weighted by molar-refractivity contribution is 7.19. The fraction of sp³-hybridized carbons (Fsp3) is 0.190. The van der Waals surface area contributed by atoms with Gasteiger partial charge in [-0.1, -0.05) is 17.4 Å². The first-order chi connectivity index (χ1) is 14.4. The van der Waals surface area contributed by atoms with Crippen LogP contribution in [0.2, 0.25) is 0 Å². The summed E-state index contributed by atoms with van der Waals surface area (Å²) in [4.78, 5) is 21.0. The van der Waals surface area contributed by atoms with Crippen LogP contribution in [0.5, 0.6) is 5.75 Å². The van der Waals surface area contributed by atoms with E-state index in [0.29, 0.717) is 27.0 Å². The number of carbonyl (C=O) groups is 1. The highest BCUT2D eigenvalue weighted by atomic mass is 32.1. The zero-order valence-electron chi connectivity index (χ0n) is 16.6. The van der Waals surface area contributed by atoms with Gasteiger partial charge < -0.3 is 14.0 Å². The van der Waals surface area contributed by atoms with Crippen LogP contribution in [0.25, 0.3) is 21.6 Å². The second-order valence-electron chi connectivity index (χ2n) is 6.66. The molecule has 0 aliphatic rings. The molecule has 0 saturated carbocycles. The largest absolute Gasteiger partial charge is 0.496 e. The van der Waals surface area contributed by atoms with Crippen molar-refractivity contribution >= 4 is 33.5 Å². The van der Waals surface area contributed by atoms with Gasteiger partial charge in [-0.25, -0.2) is 19.2 Å². The van der Waals surface area contributed by atoms with Gasteiger partial charge in [0.2, 0.25) is 0 Å². The Morgan fingerprint density at radius 3 is 2.90 bits per heavy atom. The minimum atomic E-state index is -0.583. The van der Waals surface area contributed by atoms with Gasteiger partial charge in [0.1, 0.15) is 28.2 Å². The summed E-state index contributed by atoms with van der Waals surface area (Å²) in [7, 11) is 3.39. The number of rotatable bonds is 5. The van der Waals surface area contributed by atoms with Gasteiger partial charge in [0.05, 0.1) is 35.7 Å². The molecule has 1 amide bonds. The molecular formula is C21H19FN4O3S. The summed E-state index contributed by atoms with van der Waals surface area (Å²) in [5, 5.41) is 3.89. The van der Waals surface area contributed by atoms with Crippen molar-refractivity contribution in [2.75, 3.05) is 12.4 Å². The number of aromatic nitrogens is 3. The molecule has 0 saturated heterocycles. The summed E-state index contributed by atoms with van der Waals surface area (Å²) in [6.45, 7) is 1.90. The average Bonchev–Trinajstić information content (AvgIpc) is 3.28. The second kappa shape index (κ2) is 8.11. The number of aryl methyl sites for hydroxylation is 2. The number of thiazole rings is 1. The van der Waals surface area contributed by atoms with E-state index in [1.54, 1.807) is 19.3 Å². The number of amides is 1. The van der Waals surface area contributed by atoms with Crippen LogP contribution >= 0.6 is 11.3 Å². The lowest BCUT2D eigenvalue weighted by Crippen LogP contribution is -2.13. The number of imidazole rings is 1. The third kappa shape index (κ3) is 3.97. The molecule has 2 aromatic carbocycles. The normalized spacial score (nSPS) is 10.9. The molecular weight excluding hydrogens is 407 g/mol. The molecule has 1 N–H and O–H groups in total. The van der Waals surface area contributed by atoms with E-state index in [0.717, 1.165) is 16.6 Å². The van der Waals surface area contributed by atoms with E-state index in [4.69, 9.17) is 9.47 Å². The van der Waals surface area contributed by atoms with Gasteiger partial charge >= 0.3 is 6.09 Å². The molecule has 30 heavy (non-hydrogen) atoms. The first-order valence-corrected chi connectivity index (χ1v) is 9.91. The van der Waals surface area contributed by atoms with Crippen LogP contribution in [0.4, 0.5) is 14.2 Å². The van der Waals surface area contributed by atoms with Crippen molar-refractivity contribution < 1.29 is 18.7 Å². The Bertz CT molecular complexity index is 1230. The van der Waals surface area contributed by atoms with E-state index >= 15 is 0 Å². The second-order valence-corrected chi connectivity index (χ2v) is 7.66. The van der Waals surface area contributed by atoms with Crippen molar-refractivity contribution in [1.29, 1.82) is 0 Å². The van der Waals surface area contributed by atoms with Crippen LogP contribution in [-0.4, -0.2) is 27.7 Å². The predicted octanol–water partition coefficient (Wildman–Crippen LogP) is 4.90. The first kappa shape index (κ1) is 19.8. The number of methoxy groups -OCH3 is 1. The van der Waals surface area contributed by atoms with Crippen LogP contribution in [0.1, 0.15) is 11.3 Å². The van der Waals surface area contributed by atoms with Crippen molar-refractivity contribution in [1.82, 2.24) is 14.5 Å². The van der Waals surface area contributed by atoms with E-state index in [2.05, 4.69) is 15.3 Å². The number of ether oxygens (including phenoxy) is 2. The van der Waals surface area contributed by atoms with Gasteiger partial charge in [-0.15, -0.1) is 0 Å². The molecule has 0 radical (unpaired) electrons. The minimum absolute atomic E-state index is 0.120. The maximum Gasteiger partial charge on any atom is 0.412 e. The molecule has 0 fully saturated rings. The van der Waals surface area contributed by atoms with Crippen molar-refractivity contribution in [3.05, 3.63) is 59.8 Å². The lowest BCUT2D eigenvalue weighted by molar-refractivity contribution is 0.155. The number of halogens is 1. The Morgan fingerprint density at radius 1 is 1.27 bits per heavy atom. The Hall–Kier alpha value is -3.46. The fourth-order valence-corrected chi connectivity index (χ4v) is 4.00. The third-order valence-electron chi connectivity index (χ3n) is 4.57. The SMILES string of the molecule is COc1cc(F)ccc1-c1nc(C)c(NC(=O)OCc2ccc3c(c2)ncn3C)s1. The number of hydrogen-bond acceptors (Lipinski definition) is 6. The summed E-state index contributed by atoms with van der Waals surface area (Å²) < 4.78 is 25.9. The van der Waals surface area contributed by atoms with Gasteiger partial charge in [-0.3, -0.25) is 5.32 Å². The summed E-state index contributed by atoms with van der Waals surface area (Å²) in [6, 6.07) is 9.96. The fourth-order valence-electron chi connectivity index (χ4n) is 3.02. The standard InChI is InChI=1S/C21H19FN4O3S/c1-12-19(30-20(24-12)15-6-5-14(22)9-18(15)28-3)25-21(27)29-10-13-4-7-17-16(8-13)23-11-26(17)2/h4-9,11H,10H2,1-3H3,(H,25,27). The van der Waals surface area contributed by atoms with Gasteiger partial charge in [-0.05, 0) is 36.8 Å². The molecule has 0 aliphatic carbocycles. The molecule has 0 unspecified atom stereocenters. The van der Waals surface area contributed by atoms with Crippen LogP contribution in [0.3, 0.4) is 0 Å². The quantitative estimate of drug-likeness (QED) is 0.491. The number of hydrogen-bond donors (Lipinski definition) is 1. The molecule has 2 aromatic heterocycles. The molecule has 2 heterocycles. The topological polar surface area (TPSA) is 78.3 Å². The zero-order valence-corrected chi connectivity index (χ0v) is 17.4. The lowest BCUT2D eigenvalue weighted by atomic mass is 10.2. The van der Waals surface area contributed by atoms with Crippen molar-refractivity contribution in [3.8, 4) is 16.3 Å². The molecule has 0 bridgehead atoms. The van der Waals surface area contributed by atoms with E-state index in [1.165, 1.54) is 30.6 Å². The summed E-state index contributed by atoms with van der Waals surface area (Å²) in [5.41, 5.74) is 3.97. The maximum absolute atomic E-state index is 13.4. The van der Waals surface area contributed by atoms with E-state index in [9.17, 15) is 9.18 Å². The third-order valence-corrected chi connectivity index (χ3v) is 5.67. The van der Waals surface area contributed by atoms with Gasteiger partial charge in [-0.2, -0.15) is 0 Å². The molecule has 0 spiro atoms. The molecule has 154 valence electrons. The number of anilines is 1. The maximum atomic E-state index is 13.4. The van der Waals surface area contributed by atoms with E-state index < -0.39 is 11.9 Å². The average molecular weight is 426 g/mol. The van der Waals surface area contributed by atoms with Gasteiger partial charge in [0.25, 0.3) is 0 Å². The smallest absolute Gasteiger partial charge is 0.412 e. The number of fused-ring (bicyclic) bond motifs is 1. The highest BCUT2D eigenvalue weighted by Gasteiger charge is 2.16. The highest BCUT2D eigenvalue weighted by Crippen LogP contribution is 2.37. The zero-order chi connectivity index (χ0) is 21.3. The molecule has 9 heteroatoms. The van der Waals surface area contributed by atoms with E-state index in [1.807, 2.05) is 29.8 Å². The Kier molecular flexibility index (Phi) is 5.37.